The van der Waals surface area contributed by atoms with Gasteiger partial charge in [-0.3, -0.25) is 4.99 Å². The van der Waals surface area contributed by atoms with Crippen LogP contribution in [0.2, 0.25) is 0 Å². The van der Waals surface area contributed by atoms with Gasteiger partial charge in [0.05, 0.1) is 6.61 Å². The molecule has 0 saturated carbocycles. The van der Waals surface area contributed by atoms with Gasteiger partial charge in [0.25, 0.3) is 0 Å². The standard InChI is InChI=1S/C21H23NO6/c1-25-21-17(22-11-14-9-5-6-10-15(14)23)18(24)19-16(27-21)12-26-20(28-19)13-7-3-2-4-8-13/h2-11,16-21,23-24H,12H2,1H3/t16-,17+,18+,19-,20?,21-/m1/s1. The summed E-state index contributed by atoms with van der Waals surface area (Å²) in [5.74, 6) is 0.107. The lowest BCUT2D eigenvalue weighted by molar-refractivity contribution is -0.338. The van der Waals surface area contributed by atoms with Crippen LogP contribution in [0, 0.1) is 0 Å². The van der Waals surface area contributed by atoms with Gasteiger partial charge in [0.1, 0.15) is 30.1 Å². The Labute approximate surface area is 163 Å². The molecular weight excluding hydrogens is 362 g/mol. The molecule has 28 heavy (non-hydrogen) atoms. The zero-order chi connectivity index (χ0) is 19.5. The number of benzene rings is 2. The summed E-state index contributed by atoms with van der Waals surface area (Å²) in [4.78, 5) is 4.43. The zero-order valence-corrected chi connectivity index (χ0v) is 15.4. The molecule has 1 unspecified atom stereocenters. The highest BCUT2D eigenvalue weighted by Crippen LogP contribution is 2.35. The van der Waals surface area contributed by atoms with Crippen molar-refractivity contribution in [1.82, 2.24) is 0 Å². The number of hydrogen-bond donors (Lipinski definition) is 2. The molecule has 2 heterocycles. The van der Waals surface area contributed by atoms with Gasteiger partial charge in [-0.15, -0.1) is 0 Å². The minimum absolute atomic E-state index is 0.107. The van der Waals surface area contributed by atoms with Crippen LogP contribution >= 0.6 is 0 Å². The Morgan fingerprint density at radius 1 is 1.07 bits per heavy atom. The molecule has 7 nitrogen and oxygen atoms in total. The van der Waals surface area contributed by atoms with Crippen LogP contribution in [0.3, 0.4) is 0 Å². The third kappa shape index (κ3) is 3.80. The highest BCUT2D eigenvalue weighted by molar-refractivity contribution is 5.83. The van der Waals surface area contributed by atoms with Gasteiger partial charge in [-0.25, -0.2) is 0 Å². The number of fused-ring (bicyclic) bond motifs is 1. The Balaban J connectivity index is 1.54. The lowest BCUT2D eigenvalue weighted by atomic mass is 9.96. The predicted molar refractivity (Wildman–Crippen MR) is 101 cm³/mol. The molecule has 0 bridgehead atoms. The summed E-state index contributed by atoms with van der Waals surface area (Å²) < 4.78 is 23.1. The number of rotatable bonds is 4. The van der Waals surface area contributed by atoms with Gasteiger partial charge in [0.2, 0.25) is 0 Å². The van der Waals surface area contributed by atoms with Gasteiger partial charge in [0, 0.05) is 24.5 Å². The van der Waals surface area contributed by atoms with E-state index in [9.17, 15) is 10.2 Å². The number of methoxy groups -OCH3 is 1. The molecule has 6 atom stereocenters. The number of para-hydroxylation sites is 1. The number of aliphatic imine (C=N–C) groups is 1. The number of phenols is 1. The lowest BCUT2D eigenvalue weighted by Crippen LogP contribution is -2.61. The van der Waals surface area contributed by atoms with Crippen LogP contribution in [0.1, 0.15) is 17.4 Å². The van der Waals surface area contributed by atoms with Gasteiger partial charge in [-0.1, -0.05) is 42.5 Å². The van der Waals surface area contributed by atoms with E-state index in [0.29, 0.717) is 5.56 Å². The van der Waals surface area contributed by atoms with Crippen LogP contribution in [0.5, 0.6) is 5.75 Å². The summed E-state index contributed by atoms with van der Waals surface area (Å²) >= 11 is 0. The Hall–Kier alpha value is -2.29. The SMILES string of the molecule is CO[C@@H]1O[C@@H]2COC(c3ccccc3)O[C@H]2[C@@H](O)[C@@H]1N=Cc1ccccc1O. The second kappa shape index (κ2) is 8.38. The van der Waals surface area contributed by atoms with E-state index in [2.05, 4.69) is 4.99 Å². The minimum Gasteiger partial charge on any atom is -0.507 e. The zero-order valence-electron chi connectivity index (χ0n) is 15.4. The molecule has 7 heteroatoms. The molecule has 2 N–H and O–H groups in total. The third-order valence-corrected chi connectivity index (χ3v) is 4.96. The van der Waals surface area contributed by atoms with Crippen molar-refractivity contribution in [3.8, 4) is 5.75 Å². The van der Waals surface area contributed by atoms with Crippen molar-refractivity contribution in [2.24, 2.45) is 4.99 Å². The van der Waals surface area contributed by atoms with E-state index in [1.807, 2.05) is 30.3 Å². The molecule has 2 aliphatic heterocycles. The first-order valence-corrected chi connectivity index (χ1v) is 9.17. The van der Waals surface area contributed by atoms with Crippen molar-refractivity contribution < 1.29 is 29.2 Å². The minimum atomic E-state index is -0.957. The quantitative estimate of drug-likeness (QED) is 0.783. The van der Waals surface area contributed by atoms with Crippen molar-refractivity contribution in [1.29, 1.82) is 0 Å². The Kier molecular flexibility index (Phi) is 5.70. The largest absolute Gasteiger partial charge is 0.507 e. The normalized spacial score (nSPS) is 32.9. The molecule has 2 fully saturated rings. The fourth-order valence-electron chi connectivity index (χ4n) is 3.47. The van der Waals surface area contributed by atoms with Crippen molar-refractivity contribution >= 4 is 6.21 Å². The van der Waals surface area contributed by atoms with E-state index in [-0.39, 0.29) is 12.4 Å². The molecule has 0 amide bonds. The molecule has 2 aromatic rings. The first kappa shape index (κ1) is 19.0. The van der Waals surface area contributed by atoms with Crippen LogP contribution in [-0.4, -0.2) is 60.8 Å². The Bertz CT molecular complexity index is 814. The predicted octanol–water partition coefficient (Wildman–Crippen LogP) is 2.03. The number of aromatic hydroxyl groups is 1. The smallest absolute Gasteiger partial charge is 0.184 e. The highest BCUT2D eigenvalue weighted by atomic mass is 16.7. The molecule has 0 aromatic heterocycles. The Morgan fingerprint density at radius 2 is 1.82 bits per heavy atom. The third-order valence-electron chi connectivity index (χ3n) is 4.96. The molecule has 0 radical (unpaired) electrons. The average molecular weight is 385 g/mol. The van der Waals surface area contributed by atoms with E-state index in [1.54, 1.807) is 24.3 Å². The molecule has 2 saturated heterocycles. The topological polar surface area (TPSA) is 89.7 Å². The summed E-state index contributed by atoms with van der Waals surface area (Å²) in [6, 6.07) is 15.7. The summed E-state index contributed by atoms with van der Waals surface area (Å²) in [5.41, 5.74) is 1.41. The van der Waals surface area contributed by atoms with Crippen molar-refractivity contribution in [2.75, 3.05) is 13.7 Å². The second-order valence-corrected chi connectivity index (χ2v) is 6.77. The van der Waals surface area contributed by atoms with Crippen LogP contribution in [-0.2, 0) is 18.9 Å². The molecule has 2 aromatic carbocycles. The van der Waals surface area contributed by atoms with Crippen LogP contribution in [0.4, 0.5) is 0 Å². The fraction of sp³-hybridized carbons (Fsp3) is 0.381. The maximum absolute atomic E-state index is 11.0. The van der Waals surface area contributed by atoms with E-state index in [1.165, 1.54) is 13.3 Å². The highest BCUT2D eigenvalue weighted by Gasteiger charge is 2.49. The van der Waals surface area contributed by atoms with Crippen LogP contribution in [0.15, 0.2) is 59.6 Å². The number of aliphatic hydroxyl groups is 1. The molecular formula is C21H23NO6. The van der Waals surface area contributed by atoms with Gasteiger partial charge in [-0.05, 0) is 12.1 Å². The van der Waals surface area contributed by atoms with Crippen molar-refractivity contribution in [2.45, 2.75) is 36.9 Å². The maximum atomic E-state index is 11.0. The fourth-order valence-corrected chi connectivity index (χ4v) is 3.47. The van der Waals surface area contributed by atoms with Crippen LogP contribution < -0.4 is 0 Å². The van der Waals surface area contributed by atoms with Gasteiger partial charge in [-0.2, -0.15) is 0 Å². The van der Waals surface area contributed by atoms with Gasteiger partial charge in [0.15, 0.2) is 12.6 Å². The number of nitrogens with zero attached hydrogens (tertiary/aromatic N) is 1. The molecule has 148 valence electrons. The number of ether oxygens (including phenoxy) is 4. The summed E-state index contributed by atoms with van der Waals surface area (Å²) in [7, 11) is 1.50. The van der Waals surface area contributed by atoms with E-state index in [0.717, 1.165) is 5.56 Å². The molecule has 4 rings (SSSR count). The van der Waals surface area contributed by atoms with E-state index < -0.39 is 36.9 Å². The van der Waals surface area contributed by atoms with Gasteiger partial charge < -0.3 is 29.2 Å². The molecule has 0 aliphatic carbocycles. The average Bonchev–Trinajstić information content (AvgIpc) is 2.74. The number of aliphatic hydroxyl groups excluding tert-OH is 1. The Morgan fingerprint density at radius 3 is 2.57 bits per heavy atom. The summed E-state index contributed by atoms with van der Waals surface area (Å²) in [6.45, 7) is 0.275. The van der Waals surface area contributed by atoms with Crippen molar-refractivity contribution in [3.63, 3.8) is 0 Å². The van der Waals surface area contributed by atoms with Gasteiger partial charge >= 0.3 is 0 Å². The lowest BCUT2D eigenvalue weighted by Gasteiger charge is -2.46. The maximum Gasteiger partial charge on any atom is 0.184 e. The van der Waals surface area contributed by atoms with E-state index in [4.69, 9.17) is 18.9 Å². The molecule has 0 spiro atoms. The monoisotopic (exact) mass is 385 g/mol. The first-order valence-electron chi connectivity index (χ1n) is 9.17. The second-order valence-electron chi connectivity index (χ2n) is 6.77. The first-order chi connectivity index (χ1) is 13.7. The van der Waals surface area contributed by atoms with E-state index >= 15 is 0 Å². The van der Waals surface area contributed by atoms with Crippen molar-refractivity contribution in [3.05, 3.63) is 65.7 Å². The molecule has 2 aliphatic rings. The van der Waals surface area contributed by atoms with Crippen LogP contribution in [0.25, 0.3) is 0 Å². The number of hydrogen-bond acceptors (Lipinski definition) is 7. The summed E-state index contributed by atoms with van der Waals surface area (Å²) in [5, 5.41) is 20.9. The summed E-state index contributed by atoms with van der Waals surface area (Å²) in [6.07, 6.45) is -1.86. The number of phenolic OH excluding ortho intramolecular Hbond substituents is 1.